The van der Waals surface area contributed by atoms with Crippen molar-refractivity contribution in [3.05, 3.63) is 42.7 Å². The van der Waals surface area contributed by atoms with Crippen LogP contribution >= 0.6 is 0 Å². The van der Waals surface area contributed by atoms with Gasteiger partial charge >= 0.3 is 0 Å². The number of nitrogens with zero attached hydrogens (tertiary/aromatic N) is 7. The van der Waals surface area contributed by atoms with Crippen molar-refractivity contribution in [1.82, 2.24) is 24.9 Å². The zero-order valence-electron chi connectivity index (χ0n) is 13.4. The van der Waals surface area contributed by atoms with Gasteiger partial charge in [-0.05, 0) is 25.5 Å². The normalized spacial score (nSPS) is 22.5. The molecule has 7 heteroatoms. The molecule has 0 N–H and O–H groups in total. The third-order valence-corrected chi connectivity index (χ3v) is 4.92. The quantitative estimate of drug-likeness (QED) is 0.710. The third-order valence-electron chi connectivity index (χ3n) is 4.92. The lowest BCUT2D eigenvalue weighted by Crippen LogP contribution is -2.69. The monoisotopic (exact) mass is 319 g/mol. The Bertz CT molecular complexity index is 895. The first-order valence-electron chi connectivity index (χ1n) is 8.17. The molecule has 3 aromatic heterocycles. The number of aryl methyl sites for hydroxylation is 1. The molecule has 3 aliphatic heterocycles. The Balaban J connectivity index is 1.45. The van der Waals surface area contributed by atoms with Crippen LogP contribution in [0.2, 0.25) is 0 Å². The van der Waals surface area contributed by atoms with Crippen LogP contribution in [0.25, 0.3) is 10.9 Å². The fourth-order valence-corrected chi connectivity index (χ4v) is 3.81. The highest BCUT2D eigenvalue weighted by molar-refractivity contribution is 5.89. The smallest absolute Gasteiger partial charge is 0.225 e. The van der Waals surface area contributed by atoms with Crippen LogP contribution in [0.3, 0.4) is 0 Å². The minimum atomic E-state index is 0.444. The molecule has 7 nitrogen and oxygen atoms in total. The van der Waals surface area contributed by atoms with E-state index >= 15 is 0 Å². The zero-order chi connectivity index (χ0) is 16.1. The average molecular weight is 319 g/mol. The van der Waals surface area contributed by atoms with E-state index in [-0.39, 0.29) is 0 Å². The summed E-state index contributed by atoms with van der Waals surface area (Å²) >= 11 is 0. The van der Waals surface area contributed by atoms with Crippen molar-refractivity contribution in [2.24, 2.45) is 0 Å². The predicted molar refractivity (Wildman–Crippen MR) is 91.0 cm³/mol. The molecule has 0 aliphatic carbocycles. The summed E-state index contributed by atoms with van der Waals surface area (Å²) in [7, 11) is 0. The van der Waals surface area contributed by atoms with Gasteiger partial charge in [-0.2, -0.15) is 0 Å². The van der Waals surface area contributed by atoms with Gasteiger partial charge in [-0.3, -0.25) is 4.98 Å². The Hall–Kier alpha value is -2.83. The second-order valence-electron chi connectivity index (χ2n) is 6.44. The molecule has 6 rings (SSSR count). The SMILES string of the molecule is Cc1ccnc(N2CC3CC(C2)N3c2ncnc3cnccc23)n1. The molecular formula is C17H17N7. The summed E-state index contributed by atoms with van der Waals surface area (Å²) in [5, 5.41) is 1.07. The van der Waals surface area contributed by atoms with E-state index < -0.39 is 0 Å². The van der Waals surface area contributed by atoms with Crippen LogP contribution in [0.4, 0.5) is 11.8 Å². The van der Waals surface area contributed by atoms with Crippen LogP contribution < -0.4 is 9.80 Å². The van der Waals surface area contributed by atoms with Gasteiger partial charge in [0.2, 0.25) is 5.95 Å². The zero-order valence-corrected chi connectivity index (χ0v) is 13.4. The second-order valence-corrected chi connectivity index (χ2v) is 6.44. The minimum Gasteiger partial charge on any atom is -0.346 e. The molecule has 120 valence electrons. The number of pyridine rings is 1. The molecule has 2 atom stereocenters. The van der Waals surface area contributed by atoms with Crippen LogP contribution in [0.15, 0.2) is 37.1 Å². The summed E-state index contributed by atoms with van der Waals surface area (Å²) in [5.74, 6) is 1.86. The summed E-state index contributed by atoms with van der Waals surface area (Å²) in [5.41, 5.74) is 1.90. The van der Waals surface area contributed by atoms with Gasteiger partial charge < -0.3 is 9.80 Å². The fraction of sp³-hybridized carbons (Fsp3) is 0.353. The van der Waals surface area contributed by atoms with Gasteiger partial charge in [-0.1, -0.05) is 0 Å². The lowest BCUT2D eigenvalue weighted by molar-refractivity contribution is 0.287. The highest BCUT2D eigenvalue weighted by Crippen LogP contribution is 2.39. The highest BCUT2D eigenvalue weighted by Gasteiger charge is 2.46. The van der Waals surface area contributed by atoms with Crippen molar-refractivity contribution in [3.8, 4) is 0 Å². The minimum absolute atomic E-state index is 0.444. The van der Waals surface area contributed by atoms with E-state index in [0.717, 1.165) is 41.5 Å². The van der Waals surface area contributed by atoms with E-state index in [0.29, 0.717) is 12.1 Å². The van der Waals surface area contributed by atoms with Crippen molar-refractivity contribution in [2.45, 2.75) is 25.4 Å². The van der Waals surface area contributed by atoms with E-state index in [1.54, 1.807) is 18.7 Å². The highest BCUT2D eigenvalue weighted by atomic mass is 15.4. The van der Waals surface area contributed by atoms with Crippen molar-refractivity contribution < 1.29 is 0 Å². The Morgan fingerprint density at radius 2 is 1.92 bits per heavy atom. The molecular weight excluding hydrogens is 302 g/mol. The number of aromatic nitrogens is 5. The maximum Gasteiger partial charge on any atom is 0.225 e. The van der Waals surface area contributed by atoms with E-state index in [4.69, 9.17) is 0 Å². The second kappa shape index (κ2) is 5.09. The van der Waals surface area contributed by atoms with Crippen LogP contribution in [-0.2, 0) is 0 Å². The summed E-state index contributed by atoms with van der Waals surface area (Å²) in [4.78, 5) is 26.7. The van der Waals surface area contributed by atoms with E-state index in [9.17, 15) is 0 Å². The summed E-state index contributed by atoms with van der Waals surface area (Å²) < 4.78 is 0. The van der Waals surface area contributed by atoms with Gasteiger partial charge in [0.05, 0.1) is 23.8 Å². The number of fused-ring (bicyclic) bond motifs is 3. The third kappa shape index (κ3) is 2.01. The average Bonchev–Trinajstić information content (AvgIpc) is 2.62. The number of anilines is 2. The standard InChI is InChI=1S/C17H17N7/c1-11-2-5-19-17(22-11)23-8-12-6-13(9-23)24(12)16-14-3-4-18-7-15(14)20-10-21-16/h2-5,7,10,12-13H,6,8-9H2,1H3. The van der Waals surface area contributed by atoms with Crippen LogP contribution in [0.1, 0.15) is 12.1 Å². The first kappa shape index (κ1) is 13.6. The predicted octanol–water partition coefficient (Wildman–Crippen LogP) is 1.59. The molecule has 24 heavy (non-hydrogen) atoms. The molecule has 3 aliphatic rings. The first-order chi connectivity index (χ1) is 11.8. The van der Waals surface area contributed by atoms with Crippen molar-refractivity contribution in [2.75, 3.05) is 22.9 Å². The Morgan fingerprint density at radius 1 is 1.04 bits per heavy atom. The molecule has 0 amide bonds. The lowest BCUT2D eigenvalue weighted by atomic mass is 9.87. The number of rotatable bonds is 2. The molecule has 2 unspecified atom stereocenters. The molecule has 6 heterocycles. The topological polar surface area (TPSA) is 70.9 Å². The van der Waals surface area contributed by atoms with E-state index in [1.165, 1.54) is 6.42 Å². The van der Waals surface area contributed by atoms with Crippen LogP contribution in [0.5, 0.6) is 0 Å². The number of hydrogen-bond donors (Lipinski definition) is 0. The molecule has 0 saturated carbocycles. The molecule has 3 aromatic rings. The molecule has 3 saturated heterocycles. The van der Waals surface area contributed by atoms with Gasteiger partial charge in [-0.25, -0.2) is 19.9 Å². The van der Waals surface area contributed by atoms with Gasteiger partial charge in [0, 0.05) is 36.6 Å². The van der Waals surface area contributed by atoms with Gasteiger partial charge in [-0.15, -0.1) is 0 Å². The Morgan fingerprint density at radius 3 is 2.75 bits per heavy atom. The maximum absolute atomic E-state index is 4.56. The van der Waals surface area contributed by atoms with Gasteiger partial charge in [0.25, 0.3) is 0 Å². The summed E-state index contributed by atoms with van der Waals surface area (Å²) in [6.07, 6.45) is 8.26. The summed E-state index contributed by atoms with van der Waals surface area (Å²) in [6, 6.07) is 4.82. The molecule has 3 fully saturated rings. The molecule has 0 aromatic carbocycles. The Kier molecular flexibility index (Phi) is 2.88. The molecule has 0 radical (unpaired) electrons. The first-order valence-corrected chi connectivity index (χ1v) is 8.17. The van der Waals surface area contributed by atoms with Crippen molar-refractivity contribution >= 4 is 22.7 Å². The van der Waals surface area contributed by atoms with Crippen molar-refractivity contribution in [1.29, 1.82) is 0 Å². The summed E-state index contributed by atoms with van der Waals surface area (Å²) in [6.45, 7) is 3.86. The lowest BCUT2D eigenvalue weighted by Gasteiger charge is -2.57. The van der Waals surface area contributed by atoms with Gasteiger partial charge in [0.1, 0.15) is 12.1 Å². The largest absolute Gasteiger partial charge is 0.346 e. The number of piperazine rings is 1. The van der Waals surface area contributed by atoms with Gasteiger partial charge in [0.15, 0.2) is 0 Å². The maximum atomic E-state index is 4.56. The number of hydrogen-bond acceptors (Lipinski definition) is 7. The Labute approximate surface area is 139 Å². The van der Waals surface area contributed by atoms with Crippen molar-refractivity contribution in [3.63, 3.8) is 0 Å². The van der Waals surface area contributed by atoms with Crippen LogP contribution in [-0.4, -0.2) is 50.1 Å². The van der Waals surface area contributed by atoms with E-state index in [2.05, 4.69) is 34.7 Å². The van der Waals surface area contributed by atoms with Crippen LogP contribution in [0, 0.1) is 6.92 Å². The fourth-order valence-electron chi connectivity index (χ4n) is 3.81. The number of piperidine rings is 1. The molecule has 2 bridgehead atoms. The van der Waals surface area contributed by atoms with E-state index in [1.807, 2.05) is 25.3 Å². The molecule has 0 spiro atoms.